The highest BCUT2D eigenvalue weighted by atomic mass is 35.5. The van der Waals surface area contributed by atoms with Crippen LogP contribution in [0.4, 0.5) is 5.82 Å². The zero-order valence-corrected chi connectivity index (χ0v) is 13.7. The molecule has 0 amide bonds. The molecule has 2 aromatic rings. The molecule has 1 saturated heterocycles. The highest BCUT2D eigenvalue weighted by Gasteiger charge is 2.35. The van der Waals surface area contributed by atoms with E-state index in [-0.39, 0.29) is 11.0 Å². The molecule has 0 radical (unpaired) electrons. The van der Waals surface area contributed by atoms with Crippen molar-refractivity contribution in [2.24, 2.45) is 0 Å². The molecule has 0 aliphatic carbocycles. The van der Waals surface area contributed by atoms with Gasteiger partial charge in [-0.2, -0.15) is 21.7 Å². The van der Waals surface area contributed by atoms with Crippen LogP contribution in [0.15, 0.2) is 6.33 Å². The lowest BCUT2D eigenvalue weighted by Crippen LogP contribution is -2.48. The number of aromatic nitrogens is 4. The lowest BCUT2D eigenvalue weighted by atomic mass is 10.4. The van der Waals surface area contributed by atoms with Crippen molar-refractivity contribution >= 4 is 50.2 Å². The fourth-order valence-electron chi connectivity index (χ4n) is 2.31. The molecule has 10 heteroatoms. The molecule has 1 atom stereocenters. The number of thioether (sulfide) groups is 1. The zero-order chi connectivity index (χ0) is 15.0. The van der Waals surface area contributed by atoms with Gasteiger partial charge in [0.2, 0.25) is 5.28 Å². The van der Waals surface area contributed by atoms with E-state index >= 15 is 0 Å². The number of nitrogens with zero attached hydrogens (tertiary/aromatic N) is 4. The van der Waals surface area contributed by atoms with E-state index in [1.54, 1.807) is 23.6 Å². The number of nitrogens with one attached hydrogen (secondary N) is 1. The van der Waals surface area contributed by atoms with Crippen LogP contribution in [0.1, 0.15) is 6.92 Å². The van der Waals surface area contributed by atoms with Crippen LogP contribution >= 0.6 is 23.4 Å². The largest absolute Gasteiger partial charge is 0.340 e. The van der Waals surface area contributed by atoms with Crippen LogP contribution in [-0.4, -0.2) is 57.5 Å². The predicted molar refractivity (Wildman–Crippen MR) is 84.6 cm³/mol. The quantitative estimate of drug-likeness (QED) is 0.837. The SMILES string of the molecule is CCS(=O)(=O)C1CSCCN1c1nc(Cl)nc2nc[nH]c12. The van der Waals surface area contributed by atoms with Crippen molar-refractivity contribution in [1.29, 1.82) is 0 Å². The summed E-state index contributed by atoms with van der Waals surface area (Å²) in [5, 5.41) is -0.533. The van der Waals surface area contributed by atoms with E-state index in [1.807, 2.05) is 0 Å². The van der Waals surface area contributed by atoms with E-state index in [9.17, 15) is 8.42 Å². The van der Waals surface area contributed by atoms with Gasteiger partial charge in [-0.1, -0.05) is 6.92 Å². The van der Waals surface area contributed by atoms with Gasteiger partial charge >= 0.3 is 0 Å². The second-order valence-corrected chi connectivity index (χ2v) is 8.53. The minimum atomic E-state index is -3.22. The van der Waals surface area contributed by atoms with Gasteiger partial charge in [0.25, 0.3) is 0 Å². The maximum atomic E-state index is 12.3. The van der Waals surface area contributed by atoms with Gasteiger partial charge in [-0.25, -0.2) is 13.4 Å². The molecule has 114 valence electrons. The van der Waals surface area contributed by atoms with Crippen molar-refractivity contribution in [2.45, 2.75) is 12.3 Å². The third-order valence-corrected chi connectivity index (χ3v) is 6.87. The molecule has 3 heterocycles. The molecular formula is C11H14ClN5O2S2. The van der Waals surface area contributed by atoms with Crippen molar-refractivity contribution < 1.29 is 8.42 Å². The normalized spacial score (nSPS) is 20.1. The van der Waals surface area contributed by atoms with E-state index in [0.29, 0.717) is 29.3 Å². The van der Waals surface area contributed by atoms with Crippen molar-refractivity contribution in [3.05, 3.63) is 11.6 Å². The van der Waals surface area contributed by atoms with Gasteiger partial charge in [0.15, 0.2) is 21.3 Å². The van der Waals surface area contributed by atoms with Crippen molar-refractivity contribution in [1.82, 2.24) is 19.9 Å². The number of sulfone groups is 1. The van der Waals surface area contributed by atoms with Gasteiger partial charge in [-0.15, -0.1) is 0 Å². The Morgan fingerprint density at radius 2 is 2.33 bits per heavy atom. The molecule has 21 heavy (non-hydrogen) atoms. The Bertz CT molecular complexity index is 763. The van der Waals surface area contributed by atoms with Crippen molar-refractivity contribution in [3.8, 4) is 0 Å². The average Bonchev–Trinajstić information content (AvgIpc) is 2.94. The first kappa shape index (κ1) is 14.9. The molecule has 0 spiro atoms. The monoisotopic (exact) mass is 347 g/mol. The number of hydrogen-bond donors (Lipinski definition) is 1. The predicted octanol–water partition coefficient (Wildman–Crippen LogP) is 1.32. The fourth-order valence-corrected chi connectivity index (χ4v) is 5.44. The van der Waals surface area contributed by atoms with Crippen molar-refractivity contribution in [2.75, 3.05) is 28.7 Å². The number of rotatable bonds is 3. The Morgan fingerprint density at radius 3 is 3.10 bits per heavy atom. The molecule has 0 saturated carbocycles. The molecule has 7 nitrogen and oxygen atoms in total. The maximum Gasteiger partial charge on any atom is 0.226 e. The zero-order valence-electron chi connectivity index (χ0n) is 11.3. The molecule has 1 unspecified atom stereocenters. The standard InChI is InChI=1S/C11H14ClN5O2S2/c1-2-21(18,19)7-5-20-4-3-17(7)10-8-9(14-6-13-8)15-11(12)16-10/h6-7H,2-5H2,1H3,(H,13,14,15,16). The van der Waals surface area contributed by atoms with E-state index in [0.717, 1.165) is 5.75 Å². The second kappa shape index (κ2) is 5.62. The molecule has 3 rings (SSSR count). The molecule has 1 fully saturated rings. The Morgan fingerprint density at radius 1 is 1.52 bits per heavy atom. The topological polar surface area (TPSA) is 91.8 Å². The fraction of sp³-hybridized carbons (Fsp3) is 0.545. The number of fused-ring (bicyclic) bond motifs is 1. The van der Waals surface area contributed by atoms with Gasteiger partial charge < -0.3 is 9.88 Å². The van der Waals surface area contributed by atoms with Gasteiger partial charge in [-0.3, -0.25) is 0 Å². The summed E-state index contributed by atoms with van der Waals surface area (Å²) in [6, 6.07) is 0. The lowest BCUT2D eigenvalue weighted by molar-refractivity contribution is 0.579. The summed E-state index contributed by atoms with van der Waals surface area (Å²) in [5.74, 6) is 1.96. The first-order valence-corrected chi connectivity index (χ1v) is 9.70. The highest BCUT2D eigenvalue weighted by Crippen LogP contribution is 2.30. The van der Waals surface area contributed by atoms with Crippen LogP contribution in [0.2, 0.25) is 5.28 Å². The first-order valence-electron chi connectivity index (χ1n) is 6.45. The Kier molecular flexibility index (Phi) is 3.98. The smallest absolute Gasteiger partial charge is 0.226 e. The molecule has 0 aromatic carbocycles. The number of imidazole rings is 1. The van der Waals surface area contributed by atoms with Gasteiger partial charge in [0, 0.05) is 23.8 Å². The summed E-state index contributed by atoms with van der Waals surface area (Å²) < 4.78 is 24.7. The summed E-state index contributed by atoms with van der Waals surface area (Å²) >= 11 is 7.57. The number of hydrogen-bond acceptors (Lipinski definition) is 7. The third kappa shape index (κ3) is 2.69. The first-order chi connectivity index (χ1) is 10.0. The minimum Gasteiger partial charge on any atom is -0.340 e. The molecule has 0 bridgehead atoms. The number of H-pyrrole nitrogens is 1. The third-order valence-electron chi connectivity index (χ3n) is 3.41. The minimum absolute atomic E-state index is 0.0653. The van der Waals surface area contributed by atoms with Crippen LogP contribution in [-0.2, 0) is 9.84 Å². The summed E-state index contributed by atoms with van der Waals surface area (Å²) in [7, 11) is -3.22. The highest BCUT2D eigenvalue weighted by molar-refractivity contribution is 8.01. The van der Waals surface area contributed by atoms with Crippen LogP contribution in [0.3, 0.4) is 0 Å². The Labute approximate surface area is 131 Å². The van der Waals surface area contributed by atoms with Crippen LogP contribution in [0.5, 0.6) is 0 Å². The maximum absolute atomic E-state index is 12.3. The number of halogens is 1. The van der Waals surface area contributed by atoms with E-state index in [1.165, 1.54) is 6.33 Å². The summed E-state index contributed by atoms with van der Waals surface area (Å²) in [4.78, 5) is 17.1. The average molecular weight is 348 g/mol. The van der Waals surface area contributed by atoms with E-state index < -0.39 is 15.2 Å². The number of anilines is 1. The molecular weight excluding hydrogens is 334 g/mol. The van der Waals surface area contributed by atoms with E-state index in [4.69, 9.17) is 11.6 Å². The molecule has 1 aliphatic rings. The van der Waals surface area contributed by atoms with Gasteiger partial charge in [0.05, 0.1) is 6.33 Å². The Balaban J connectivity index is 2.12. The van der Waals surface area contributed by atoms with Crippen LogP contribution < -0.4 is 4.90 Å². The van der Waals surface area contributed by atoms with Gasteiger partial charge in [-0.05, 0) is 11.6 Å². The summed E-state index contributed by atoms with van der Waals surface area (Å²) in [5.41, 5.74) is 1.05. The van der Waals surface area contributed by atoms with Gasteiger partial charge in [0.1, 0.15) is 10.9 Å². The van der Waals surface area contributed by atoms with Crippen LogP contribution in [0, 0.1) is 0 Å². The second-order valence-electron chi connectivity index (χ2n) is 4.59. The molecule has 2 aromatic heterocycles. The van der Waals surface area contributed by atoms with Crippen molar-refractivity contribution in [3.63, 3.8) is 0 Å². The molecule has 1 N–H and O–H groups in total. The molecule has 1 aliphatic heterocycles. The lowest BCUT2D eigenvalue weighted by Gasteiger charge is -2.35. The summed E-state index contributed by atoms with van der Waals surface area (Å²) in [6.07, 6.45) is 1.50. The van der Waals surface area contributed by atoms with E-state index in [2.05, 4.69) is 19.9 Å². The van der Waals surface area contributed by atoms with Crippen LogP contribution in [0.25, 0.3) is 11.2 Å². The number of aromatic amines is 1. The summed E-state index contributed by atoms with van der Waals surface area (Å²) in [6.45, 7) is 2.25. The Hall–Kier alpha value is -1.06.